The summed E-state index contributed by atoms with van der Waals surface area (Å²) < 4.78 is 7.04. The SMILES string of the molecule is CO[C@H]1C[C@@H](C(N)=O)N(C(=O)c2ccc(C)n2C)C1. The smallest absolute Gasteiger partial charge is 0.271 e. The molecule has 1 aromatic heterocycles. The van der Waals surface area contributed by atoms with Crippen molar-refractivity contribution in [1.29, 1.82) is 0 Å². The topological polar surface area (TPSA) is 77.6 Å². The fraction of sp³-hybridized carbons (Fsp3) is 0.538. The summed E-state index contributed by atoms with van der Waals surface area (Å²) in [7, 11) is 3.40. The number of primary amides is 1. The number of likely N-dealkylation sites (tertiary alicyclic amines) is 1. The second-order valence-electron chi connectivity index (χ2n) is 4.89. The van der Waals surface area contributed by atoms with E-state index in [1.54, 1.807) is 17.7 Å². The number of methoxy groups -OCH3 is 1. The maximum atomic E-state index is 12.5. The van der Waals surface area contributed by atoms with Crippen LogP contribution in [0.15, 0.2) is 12.1 Å². The number of aromatic nitrogens is 1. The first-order chi connectivity index (χ1) is 8.95. The summed E-state index contributed by atoms with van der Waals surface area (Å²) in [5.74, 6) is -0.669. The molecule has 1 fully saturated rings. The first-order valence-electron chi connectivity index (χ1n) is 6.21. The van der Waals surface area contributed by atoms with Gasteiger partial charge in [0.15, 0.2) is 0 Å². The Hall–Kier alpha value is -1.82. The van der Waals surface area contributed by atoms with E-state index in [-0.39, 0.29) is 12.0 Å². The molecule has 0 saturated carbocycles. The molecule has 0 unspecified atom stereocenters. The Balaban J connectivity index is 2.26. The van der Waals surface area contributed by atoms with Crippen molar-refractivity contribution in [1.82, 2.24) is 9.47 Å². The average molecular weight is 265 g/mol. The molecule has 1 aromatic rings. The second kappa shape index (κ2) is 5.05. The van der Waals surface area contributed by atoms with Gasteiger partial charge in [0.25, 0.3) is 5.91 Å². The number of ether oxygens (including phenoxy) is 1. The van der Waals surface area contributed by atoms with Crippen LogP contribution in [0.4, 0.5) is 0 Å². The van der Waals surface area contributed by atoms with Crippen LogP contribution < -0.4 is 5.73 Å². The Morgan fingerprint density at radius 1 is 1.42 bits per heavy atom. The minimum atomic E-state index is -0.590. The largest absolute Gasteiger partial charge is 0.380 e. The lowest BCUT2D eigenvalue weighted by Crippen LogP contribution is -2.44. The van der Waals surface area contributed by atoms with Crippen LogP contribution in [-0.4, -0.2) is 47.1 Å². The molecule has 1 aliphatic rings. The number of nitrogens with zero attached hydrogens (tertiary/aromatic N) is 2. The molecule has 0 radical (unpaired) electrons. The third-order valence-electron chi connectivity index (χ3n) is 3.78. The van der Waals surface area contributed by atoms with Crippen LogP contribution in [0, 0.1) is 6.92 Å². The van der Waals surface area contributed by atoms with E-state index in [1.807, 2.05) is 20.0 Å². The van der Waals surface area contributed by atoms with Gasteiger partial charge in [-0.25, -0.2) is 0 Å². The predicted octanol–water partition coefficient (Wildman–Crippen LogP) is 0.0483. The van der Waals surface area contributed by atoms with Gasteiger partial charge in [-0.05, 0) is 19.1 Å². The van der Waals surface area contributed by atoms with E-state index in [0.717, 1.165) is 5.69 Å². The first-order valence-corrected chi connectivity index (χ1v) is 6.21. The maximum Gasteiger partial charge on any atom is 0.271 e. The molecule has 6 heteroatoms. The molecule has 104 valence electrons. The molecule has 2 heterocycles. The van der Waals surface area contributed by atoms with Crippen LogP contribution in [0.3, 0.4) is 0 Å². The van der Waals surface area contributed by atoms with Gasteiger partial charge in [0, 0.05) is 32.8 Å². The summed E-state index contributed by atoms with van der Waals surface area (Å²) in [4.78, 5) is 25.5. The van der Waals surface area contributed by atoms with Crippen molar-refractivity contribution in [2.45, 2.75) is 25.5 Å². The minimum Gasteiger partial charge on any atom is -0.380 e. The van der Waals surface area contributed by atoms with Gasteiger partial charge in [-0.2, -0.15) is 0 Å². The Labute approximate surface area is 112 Å². The average Bonchev–Trinajstić information content (AvgIpc) is 2.94. The van der Waals surface area contributed by atoms with E-state index in [4.69, 9.17) is 10.5 Å². The number of aryl methyl sites for hydroxylation is 1. The van der Waals surface area contributed by atoms with Crippen molar-refractivity contribution >= 4 is 11.8 Å². The molecule has 2 N–H and O–H groups in total. The standard InChI is InChI=1S/C13H19N3O3/c1-8-4-5-10(15(8)2)13(18)16-7-9(19-3)6-11(16)12(14)17/h4-5,9,11H,6-7H2,1-3H3,(H2,14,17)/t9-,11-/m0/s1. The summed E-state index contributed by atoms with van der Waals surface area (Å²) in [5.41, 5.74) is 6.91. The summed E-state index contributed by atoms with van der Waals surface area (Å²) >= 11 is 0. The molecule has 0 aliphatic carbocycles. The first kappa shape index (κ1) is 13.6. The summed E-state index contributed by atoms with van der Waals surface area (Å²) in [6.07, 6.45) is 0.323. The minimum absolute atomic E-state index is 0.136. The van der Waals surface area contributed by atoms with Gasteiger partial charge in [-0.15, -0.1) is 0 Å². The zero-order valence-corrected chi connectivity index (χ0v) is 11.4. The number of carbonyl (C=O) groups is 2. The highest BCUT2D eigenvalue weighted by atomic mass is 16.5. The molecule has 0 aromatic carbocycles. The van der Waals surface area contributed by atoms with Crippen molar-refractivity contribution < 1.29 is 14.3 Å². The number of carbonyl (C=O) groups excluding carboxylic acids is 2. The molecule has 19 heavy (non-hydrogen) atoms. The van der Waals surface area contributed by atoms with Crippen molar-refractivity contribution in [3.8, 4) is 0 Å². The number of hydrogen-bond donors (Lipinski definition) is 1. The molecule has 6 nitrogen and oxygen atoms in total. The van der Waals surface area contributed by atoms with Crippen LogP contribution in [0.1, 0.15) is 22.6 Å². The van der Waals surface area contributed by atoms with Crippen molar-refractivity contribution in [2.24, 2.45) is 12.8 Å². The number of amides is 2. The lowest BCUT2D eigenvalue weighted by molar-refractivity contribution is -0.121. The lowest BCUT2D eigenvalue weighted by Gasteiger charge is -2.22. The quantitative estimate of drug-likeness (QED) is 0.838. The van der Waals surface area contributed by atoms with Crippen molar-refractivity contribution in [2.75, 3.05) is 13.7 Å². The van der Waals surface area contributed by atoms with E-state index in [2.05, 4.69) is 0 Å². The van der Waals surface area contributed by atoms with E-state index < -0.39 is 11.9 Å². The van der Waals surface area contributed by atoms with E-state index >= 15 is 0 Å². The van der Waals surface area contributed by atoms with Crippen LogP contribution in [0.2, 0.25) is 0 Å². The fourth-order valence-corrected chi connectivity index (χ4v) is 2.44. The zero-order chi connectivity index (χ0) is 14.2. The van der Waals surface area contributed by atoms with E-state index in [9.17, 15) is 9.59 Å². The van der Waals surface area contributed by atoms with E-state index in [1.165, 1.54) is 4.90 Å². The van der Waals surface area contributed by atoms with Crippen molar-refractivity contribution in [3.05, 3.63) is 23.5 Å². The van der Waals surface area contributed by atoms with Gasteiger partial charge in [-0.1, -0.05) is 0 Å². The van der Waals surface area contributed by atoms with Gasteiger partial charge in [0.2, 0.25) is 5.91 Å². The summed E-state index contributed by atoms with van der Waals surface area (Å²) in [5, 5.41) is 0. The molecule has 1 saturated heterocycles. The summed E-state index contributed by atoms with van der Waals surface area (Å²) in [6.45, 7) is 2.32. The Bertz CT molecular complexity index is 509. The fourth-order valence-electron chi connectivity index (χ4n) is 2.44. The van der Waals surface area contributed by atoms with E-state index in [0.29, 0.717) is 18.7 Å². The number of hydrogen-bond acceptors (Lipinski definition) is 3. The monoisotopic (exact) mass is 265 g/mol. The van der Waals surface area contributed by atoms with Gasteiger partial charge < -0.3 is 19.9 Å². The predicted molar refractivity (Wildman–Crippen MR) is 69.6 cm³/mol. The highest BCUT2D eigenvalue weighted by Gasteiger charge is 2.39. The van der Waals surface area contributed by atoms with Crippen LogP contribution in [0.25, 0.3) is 0 Å². The van der Waals surface area contributed by atoms with Gasteiger partial charge in [0.05, 0.1) is 6.10 Å². The second-order valence-corrected chi connectivity index (χ2v) is 4.89. The van der Waals surface area contributed by atoms with Gasteiger partial charge >= 0.3 is 0 Å². The van der Waals surface area contributed by atoms with Crippen molar-refractivity contribution in [3.63, 3.8) is 0 Å². The molecule has 0 bridgehead atoms. The molecule has 2 atom stereocenters. The molecule has 2 rings (SSSR count). The lowest BCUT2D eigenvalue weighted by atomic mass is 10.2. The molecular weight excluding hydrogens is 246 g/mol. The number of rotatable bonds is 3. The zero-order valence-electron chi connectivity index (χ0n) is 11.4. The van der Waals surface area contributed by atoms with Crippen LogP contribution in [0.5, 0.6) is 0 Å². The molecule has 2 amide bonds. The molecule has 1 aliphatic heterocycles. The molecular formula is C13H19N3O3. The highest BCUT2D eigenvalue weighted by Crippen LogP contribution is 2.22. The highest BCUT2D eigenvalue weighted by molar-refractivity contribution is 5.96. The third-order valence-corrected chi connectivity index (χ3v) is 3.78. The Morgan fingerprint density at radius 3 is 2.58 bits per heavy atom. The van der Waals surface area contributed by atoms with Gasteiger partial charge in [-0.3, -0.25) is 9.59 Å². The number of nitrogens with two attached hydrogens (primary N) is 1. The third kappa shape index (κ3) is 2.35. The Kier molecular flexibility index (Phi) is 3.61. The Morgan fingerprint density at radius 2 is 2.11 bits per heavy atom. The van der Waals surface area contributed by atoms with Crippen LogP contribution in [-0.2, 0) is 16.6 Å². The van der Waals surface area contributed by atoms with Crippen LogP contribution >= 0.6 is 0 Å². The summed E-state index contributed by atoms with van der Waals surface area (Å²) in [6, 6.07) is 3.04. The van der Waals surface area contributed by atoms with Gasteiger partial charge in [0.1, 0.15) is 11.7 Å². The maximum absolute atomic E-state index is 12.5. The molecule has 0 spiro atoms. The normalized spacial score (nSPS) is 22.8.